The van der Waals surface area contributed by atoms with Gasteiger partial charge in [-0.25, -0.2) is 0 Å². The molecule has 0 bridgehead atoms. The zero-order chi connectivity index (χ0) is 21.5. The van der Waals surface area contributed by atoms with Gasteiger partial charge in [-0.3, -0.25) is 4.79 Å². The third-order valence-electron chi connectivity index (χ3n) is 4.96. The molecule has 0 saturated heterocycles. The van der Waals surface area contributed by atoms with Gasteiger partial charge in [0, 0.05) is 11.9 Å². The van der Waals surface area contributed by atoms with Crippen LogP contribution in [0, 0.1) is 6.92 Å². The molecule has 3 rings (SSSR count). The van der Waals surface area contributed by atoms with Crippen molar-refractivity contribution in [2.75, 3.05) is 0 Å². The Hall–Kier alpha value is -2.78. The highest BCUT2D eigenvalue weighted by Crippen LogP contribution is 2.31. The molecule has 0 aliphatic rings. The van der Waals surface area contributed by atoms with E-state index in [9.17, 15) is 4.79 Å². The predicted octanol–water partition coefficient (Wildman–Crippen LogP) is 7.55. The maximum atomic E-state index is 11.2. The Morgan fingerprint density at radius 3 is 2.17 bits per heavy atom. The van der Waals surface area contributed by atoms with Gasteiger partial charge in [-0.05, 0) is 72.4 Å². The number of hydrogen-bond donors (Lipinski definition) is 0. The van der Waals surface area contributed by atoms with Crippen LogP contribution in [0.15, 0.2) is 66.7 Å². The molecule has 0 N–H and O–H groups in total. The summed E-state index contributed by atoms with van der Waals surface area (Å²) in [6.07, 6.45) is 3.08. The minimum atomic E-state index is -0.326. The van der Waals surface area contributed by atoms with Crippen LogP contribution in [0.5, 0.6) is 11.5 Å². The van der Waals surface area contributed by atoms with Crippen LogP contribution in [-0.2, 0) is 4.79 Å². The summed E-state index contributed by atoms with van der Waals surface area (Å²) in [6.45, 7) is 5.49. The van der Waals surface area contributed by atoms with E-state index in [1.165, 1.54) is 6.92 Å². The maximum Gasteiger partial charge on any atom is 0.308 e. The lowest BCUT2D eigenvalue weighted by molar-refractivity contribution is -0.131. The monoisotopic (exact) mass is 422 g/mol. The molecule has 0 spiro atoms. The van der Waals surface area contributed by atoms with Crippen molar-refractivity contribution in [3.05, 3.63) is 82.9 Å². The number of benzene rings is 3. The number of halogens is 1. The number of carbonyl (C=O) groups excluding carboxylic acids is 1. The van der Waals surface area contributed by atoms with E-state index in [1.807, 2.05) is 43.3 Å². The fourth-order valence-electron chi connectivity index (χ4n) is 3.34. The van der Waals surface area contributed by atoms with E-state index in [-0.39, 0.29) is 12.1 Å². The van der Waals surface area contributed by atoms with Crippen molar-refractivity contribution in [1.29, 1.82) is 0 Å². The number of carbonyl (C=O) groups is 1. The van der Waals surface area contributed by atoms with E-state index in [0.29, 0.717) is 5.75 Å². The first kappa shape index (κ1) is 21.9. The molecule has 0 fully saturated rings. The van der Waals surface area contributed by atoms with Crippen molar-refractivity contribution in [3.8, 4) is 22.6 Å². The third kappa shape index (κ3) is 5.87. The Morgan fingerprint density at radius 2 is 1.60 bits per heavy atom. The number of esters is 1. The zero-order valence-corrected chi connectivity index (χ0v) is 18.4. The van der Waals surface area contributed by atoms with Crippen molar-refractivity contribution < 1.29 is 14.3 Å². The normalized spacial score (nSPS) is 11.7. The van der Waals surface area contributed by atoms with Gasteiger partial charge in [-0.2, -0.15) is 0 Å². The molecular formula is C26H27ClO3. The van der Waals surface area contributed by atoms with Gasteiger partial charge >= 0.3 is 5.97 Å². The molecule has 0 saturated carbocycles. The molecule has 30 heavy (non-hydrogen) atoms. The quantitative estimate of drug-likeness (QED) is 0.277. The standard InChI is InChI=1S/C26H27ClO3/c1-4-5-6-26(30-24-15-16-25(18(2)17-24)29-19(3)28)22-9-7-20(8-10-22)21-11-13-23(27)14-12-21/h7-17,26H,4-6H2,1-3H3. The summed E-state index contributed by atoms with van der Waals surface area (Å²) in [4.78, 5) is 11.2. The van der Waals surface area contributed by atoms with E-state index in [1.54, 1.807) is 6.07 Å². The first-order chi connectivity index (χ1) is 14.5. The summed E-state index contributed by atoms with van der Waals surface area (Å²) in [6, 6.07) is 21.9. The zero-order valence-electron chi connectivity index (χ0n) is 17.7. The smallest absolute Gasteiger partial charge is 0.308 e. The van der Waals surface area contributed by atoms with Crippen molar-refractivity contribution in [2.45, 2.75) is 46.1 Å². The van der Waals surface area contributed by atoms with Crippen LogP contribution in [0.4, 0.5) is 0 Å². The summed E-state index contributed by atoms with van der Waals surface area (Å²) in [5.41, 5.74) is 4.29. The van der Waals surface area contributed by atoms with E-state index < -0.39 is 0 Å². The molecule has 0 aliphatic heterocycles. The third-order valence-corrected chi connectivity index (χ3v) is 5.21. The van der Waals surface area contributed by atoms with E-state index in [0.717, 1.165) is 52.3 Å². The van der Waals surface area contributed by atoms with Crippen LogP contribution >= 0.6 is 11.6 Å². The lowest BCUT2D eigenvalue weighted by Crippen LogP contribution is -2.08. The fraction of sp³-hybridized carbons (Fsp3) is 0.269. The minimum Gasteiger partial charge on any atom is -0.486 e. The van der Waals surface area contributed by atoms with E-state index >= 15 is 0 Å². The van der Waals surface area contributed by atoms with Crippen LogP contribution in [0.25, 0.3) is 11.1 Å². The topological polar surface area (TPSA) is 35.5 Å². The number of aryl methyl sites for hydroxylation is 1. The van der Waals surface area contributed by atoms with E-state index in [2.05, 4.69) is 31.2 Å². The summed E-state index contributed by atoms with van der Waals surface area (Å²) in [7, 11) is 0. The molecular weight excluding hydrogens is 396 g/mol. The summed E-state index contributed by atoms with van der Waals surface area (Å²) >= 11 is 6.00. The van der Waals surface area contributed by atoms with Crippen LogP contribution in [0.2, 0.25) is 5.02 Å². The second-order valence-corrected chi connectivity index (χ2v) is 7.84. The molecule has 3 nitrogen and oxygen atoms in total. The van der Waals surface area contributed by atoms with Crippen molar-refractivity contribution in [3.63, 3.8) is 0 Å². The number of unbranched alkanes of at least 4 members (excludes halogenated alkanes) is 1. The van der Waals surface area contributed by atoms with Crippen LogP contribution in [0.1, 0.15) is 50.3 Å². The second kappa shape index (κ2) is 10.3. The second-order valence-electron chi connectivity index (χ2n) is 7.40. The Morgan fingerprint density at radius 1 is 0.967 bits per heavy atom. The molecule has 0 aromatic heterocycles. The molecule has 3 aromatic carbocycles. The molecule has 4 heteroatoms. The molecule has 1 atom stereocenters. The van der Waals surface area contributed by atoms with Gasteiger partial charge in [0.05, 0.1) is 0 Å². The van der Waals surface area contributed by atoms with Crippen molar-refractivity contribution >= 4 is 17.6 Å². The maximum absolute atomic E-state index is 11.2. The fourth-order valence-corrected chi connectivity index (χ4v) is 3.47. The molecule has 1 unspecified atom stereocenters. The lowest BCUT2D eigenvalue weighted by Gasteiger charge is -2.21. The highest BCUT2D eigenvalue weighted by atomic mass is 35.5. The van der Waals surface area contributed by atoms with Crippen LogP contribution in [-0.4, -0.2) is 5.97 Å². The highest BCUT2D eigenvalue weighted by molar-refractivity contribution is 6.30. The Balaban J connectivity index is 1.79. The minimum absolute atomic E-state index is 0.0387. The number of rotatable bonds is 8. The summed E-state index contributed by atoms with van der Waals surface area (Å²) < 4.78 is 11.6. The average Bonchev–Trinajstić information content (AvgIpc) is 2.73. The van der Waals surface area contributed by atoms with Gasteiger partial charge in [0.1, 0.15) is 17.6 Å². The highest BCUT2D eigenvalue weighted by Gasteiger charge is 2.15. The van der Waals surface area contributed by atoms with E-state index in [4.69, 9.17) is 21.1 Å². The van der Waals surface area contributed by atoms with Gasteiger partial charge in [-0.15, -0.1) is 0 Å². The summed E-state index contributed by atoms with van der Waals surface area (Å²) in [5.74, 6) is 1.01. The van der Waals surface area contributed by atoms with Gasteiger partial charge in [-0.1, -0.05) is 61.3 Å². The molecule has 156 valence electrons. The average molecular weight is 423 g/mol. The lowest BCUT2D eigenvalue weighted by atomic mass is 9.99. The molecule has 3 aromatic rings. The van der Waals surface area contributed by atoms with Gasteiger partial charge in [0.2, 0.25) is 0 Å². The van der Waals surface area contributed by atoms with Gasteiger partial charge < -0.3 is 9.47 Å². The first-order valence-electron chi connectivity index (χ1n) is 10.3. The number of ether oxygens (including phenoxy) is 2. The van der Waals surface area contributed by atoms with Crippen molar-refractivity contribution in [1.82, 2.24) is 0 Å². The van der Waals surface area contributed by atoms with Crippen LogP contribution < -0.4 is 9.47 Å². The first-order valence-corrected chi connectivity index (χ1v) is 10.7. The molecule has 0 aliphatic carbocycles. The summed E-state index contributed by atoms with van der Waals surface area (Å²) in [5, 5.41) is 0.735. The largest absolute Gasteiger partial charge is 0.486 e. The predicted molar refractivity (Wildman–Crippen MR) is 122 cm³/mol. The SMILES string of the molecule is CCCCC(Oc1ccc(OC(C)=O)c(C)c1)c1ccc(-c2ccc(Cl)cc2)cc1. The van der Waals surface area contributed by atoms with Gasteiger partial charge in [0.25, 0.3) is 0 Å². The molecule has 0 heterocycles. The number of hydrogen-bond acceptors (Lipinski definition) is 3. The van der Waals surface area contributed by atoms with Crippen molar-refractivity contribution in [2.24, 2.45) is 0 Å². The molecule has 0 radical (unpaired) electrons. The Labute approximate surface area is 183 Å². The Kier molecular flexibility index (Phi) is 7.53. The van der Waals surface area contributed by atoms with Crippen LogP contribution in [0.3, 0.4) is 0 Å². The Bertz CT molecular complexity index is 978. The molecule has 0 amide bonds. The van der Waals surface area contributed by atoms with Gasteiger partial charge in [0.15, 0.2) is 0 Å².